The Hall–Kier alpha value is -1.61. The van der Waals surface area contributed by atoms with Gasteiger partial charge in [-0.3, -0.25) is 4.79 Å². The van der Waals surface area contributed by atoms with E-state index in [1.165, 1.54) is 30.4 Å². The van der Waals surface area contributed by atoms with Gasteiger partial charge >= 0.3 is 5.97 Å². The van der Waals surface area contributed by atoms with Crippen LogP contribution >= 0.6 is 0 Å². The minimum Gasteiger partial charge on any atom is -0.435 e. The zero-order valence-electron chi connectivity index (χ0n) is 18.6. The predicted molar refractivity (Wildman–Crippen MR) is 117 cm³/mol. The average Bonchev–Trinajstić information content (AvgIpc) is 2.64. The number of aliphatic hydroxyl groups is 1. The quantitative estimate of drug-likeness (QED) is 0.253. The number of benzene rings is 1. The maximum absolute atomic E-state index is 11.9. The first-order chi connectivity index (χ1) is 13.2. The Labute approximate surface area is 172 Å². The number of allylic oxidation sites excluding steroid dienone is 1. The van der Waals surface area contributed by atoms with E-state index in [-0.39, 0.29) is 17.8 Å². The Kier molecular flexibility index (Phi) is 11.1. The number of hydrogen-bond donors (Lipinski definition) is 1. The Balaban J connectivity index is 2.29. The molecule has 1 aromatic carbocycles. The van der Waals surface area contributed by atoms with Crippen LogP contribution in [0, 0.1) is 0 Å². The normalized spacial score (nSPS) is 13.4. The van der Waals surface area contributed by atoms with Crippen LogP contribution in [0.5, 0.6) is 0 Å². The molecule has 0 amide bonds. The van der Waals surface area contributed by atoms with Gasteiger partial charge in [0.1, 0.15) is 0 Å². The minimum absolute atomic E-state index is 0.152. The summed E-state index contributed by atoms with van der Waals surface area (Å²) in [6, 6.07) is 8.60. The van der Waals surface area contributed by atoms with E-state index in [2.05, 4.69) is 52.0 Å². The van der Waals surface area contributed by atoms with Crippen molar-refractivity contribution < 1.29 is 14.6 Å². The van der Waals surface area contributed by atoms with Crippen LogP contribution in [0.3, 0.4) is 0 Å². The molecule has 0 aliphatic heterocycles. The summed E-state index contributed by atoms with van der Waals surface area (Å²) in [5, 5.41) is 9.98. The van der Waals surface area contributed by atoms with Crippen molar-refractivity contribution in [2.45, 2.75) is 104 Å². The van der Waals surface area contributed by atoms with Crippen molar-refractivity contribution in [1.29, 1.82) is 0 Å². The molecular formula is C25H40O3. The Morgan fingerprint density at radius 2 is 1.71 bits per heavy atom. The van der Waals surface area contributed by atoms with Gasteiger partial charge in [0.25, 0.3) is 0 Å². The first-order valence-corrected chi connectivity index (χ1v) is 10.8. The first kappa shape index (κ1) is 24.4. The van der Waals surface area contributed by atoms with Crippen molar-refractivity contribution in [3.05, 3.63) is 47.2 Å². The van der Waals surface area contributed by atoms with Gasteiger partial charge in [0.2, 0.25) is 0 Å². The highest BCUT2D eigenvalue weighted by Gasteiger charge is 2.13. The number of aliphatic hydroxyl groups excluding tert-OH is 1. The fourth-order valence-corrected chi connectivity index (χ4v) is 3.12. The van der Waals surface area contributed by atoms with Crippen molar-refractivity contribution >= 4 is 5.97 Å². The summed E-state index contributed by atoms with van der Waals surface area (Å²) in [7, 11) is 0. The molecule has 158 valence electrons. The third-order valence-electron chi connectivity index (χ3n) is 5.02. The molecule has 0 heterocycles. The molecule has 1 rings (SSSR count). The molecule has 0 aliphatic carbocycles. The van der Waals surface area contributed by atoms with E-state index in [0.717, 1.165) is 31.3 Å². The molecule has 0 saturated heterocycles. The van der Waals surface area contributed by atoms with E-state index in [0.29, 0.717) is 6.42 Å². The molecule has 3 heteroatoms. The van der Waals surface area contributed by atoms with E-state index in [9.17, 15) is 9.90 Å². The molecule has 28 heavy (non-hydrogen) atoms. The molecule has 1 N–H and O–H groups in total. The largest absolute Gasteiger partial charge is 0.435 e. The number of carbonyl (C=O) groups excluding carboxylic acids is 1. The number of ether oxygens (including phenoxy) is 1. The Morgan fingerprint density at radius 1 is 1.07 bits per heavy atom. The summed E-state index contributed by atoms with van der Waals surface area (Å²) in [6.45, 7) is 10.8. The average molecular weight is 389 g/mol. The summed E-state index contributed by atoms with van der Waals surface area (Å²) in [5.74, 6) is -0.271. The van der Waals surface area contributed by atoms with Crippen LogP contribution in [-0.2, 0) is 21.4 Å². The molecule has 1 aromatic rings. The zero-order chi connectivity index (χ0) is 21.0. The van der Waals surface area contributed by atoms with Crippen molar-refractivity contribution in [2.24, 2.45) is 0 Å². The molecular weight excluding hydrogens is 348 g/mol. The summed E-state index contributed by atoms with van der Waals surface area (Å²) in [6.07, 6.45) is 9.34. The number of rotatable bonds is 12. The predicted octanol–water partition coefficient (Wildman–Crippen LogP) is 6.48. The van der Waals surface area contributed by atoms with Gasteiger partial charge in [-0.15, -0.1) is 0 Å². The maximum atomic E-state index is 11.9. The van der Waals surface area contributed by atoms with Crippen molar-refractivity contribution in [1.82, 2.24) is 0 Å². The van der Waals surface area contributed by atoms with Crippen LogP contribution in [0.1, 0.15) is 97.1 Å². The molecule has 0 fully saturated rings. The van der Waals surface area contributed by atoms with Gasteiger partial charge < -0.3 is 9.84 Å². The monoisotopic (exact) mass is 388 g/mol. The molecule has 1 unspecified atom stereocenters. The molecule has 0 radical (unpaired) electrons. The second-order valence-electron chi connectivity index (χ2n) is 8.97. The molecule has 0 bridgehead atoms. The second-order valence-corrected chi connectivity index (χ2v) is 8.97. The van der Waals surface area contributed by atoms with E-state index < -0.39 is 6.10 Å². The molecule has 1 atom stereocenters. The highest BCUT2D eigenvalue weighted by atomic mass is 16.5. The molecule has 0 aromatic heterocycles. The molecule has 0 saturated carbocycles. The number of carbonyl (C=O) groups is 1. The van der Waals surface area contributed by atoms with Gasteiger partial charge in [0.05, 0.1) is 12.4 Å². The van der Waals surface area contributed by atoms with Crippen LogP contribution in [0.4, 0.5) is 0 Å². The Bertz CT molecular complexity index is 593. The molecule has 0 aliphatic rings. The third kappa shape index (κ3) is 10.7. The lowest BCUT2D eigenvalue weighted by atomic mass is 9.86. The first-order valence-electron chi connectivity index (χ1n) is 10.8. The maximum Gasteiger partial charge on any atom is 0.310 e. The second kappa shape index (κ2) is 12.8. The van der Waals surface area contributed by atoms with Crippen LogP contribution in [0.15, 0.2) is 36.1 Å². The third-order valence-corrected chi connectivity index (χ3v) is 5.02. The molecule has 3 nitrogen and oxygen atoms in total. The number of hydrogen-bond acceptors (Lipinski definition) is 3. The fourth-order valence-electron chi connectivity index (χ4n) is 3.12. The van der Waals surface area contributed by atoms with Crippen LogP contribution < -0.4 is 0 Å². The smallest absolute Gasteiger partial charge is 0.310 e. The van der Waals surface area contributed by atoms with Crippen LogP contribution in [0.25, 0.3) is 0 Å². The van der Waals surface area contributed by atoms with Gasteiger partial charge in [-0.2, -0.15) is 0 Å². The number of unbranched alkanes of at least 4 members (excludes halogenated alkanes) is 4. The van der Waals surface area contributed by atoms with Gasteiger partial charge in [0, 0.05) is 6.42 Å². The summed E-state index contributed by atoms with van der Waals surface area (Å²) in [5.41, 5.74) is 3.68. The summed E-state index contributed by atoms with van der Waals surface area (Å²) in [4.78, 5) is 11.9. The standard InChI is InChI=1S/C25H40O3/c1-6-7-8-9-10-11-23(26)16-17-24(27)28-19-20(2)18-21-12-14-22(15-13-21)25(3,4)5/h12-15,19,23,26H,6-11,16-18H2,1-5H3. The van der Waals surface area contributed by atoms with Gasteiger partial charge in [-0.25, -0.2) is 0 Å². The van der Waals surface area contributed by atoms with Gasteiger partial charge in [-0.1, -0.05) is 84.1 Å². The Morgan fingerprint density at radius 3 is 2.32 bits per heavy atom. The van der Waals surface area contributed by atoms with E-state index in [1.807, 2.05) is 6.92 Å². The SMILES string of the molecule is CCCCCCCC(O)CCC(=O)OC=C(C)Cc1ccc(C(C)(C)C)cc1. The lowest BCUT2D eigenvalue weighted by molar-refractivity contribution is -0.138. The van der Waals surface area contributed by atoms with Crippen molar-refractivity contribution in [2.75, 3.05) is 0 Å². The van der Waals surface area contributed by atoms with Crippen LogP contribution in [0.2, 0.25) is 0 Å². The van der Waals surface area contributed by atoms with E-state index in [4.69, 9.17) is 4.74 Å². The summed E-state index contributed by atoms with van der Waals surface area (Å²) >= 11 is 0. The topological polar surface area (TPSA) is 46.5 Å². The van der Waals surface area contributed by atoms with Crippen molar-refractivity contribution in [3.8, 4) is 0 Å². The van der Waals surface area contributed by atoms with Gasteiger partial charge in [-0.05, 0) is 48.3 Å². The van der Waals surface area contributed by atoms with E-state index >= 15 is 0 Å². The van der Waals surface area contributed by atoms with Crippen molar-refractivity contribution in [3.63, 3.8) is 0 Å². The zero-order valence-corrected chi connectivity index (χ0v) is 18.6. The summed E-state index contributed by atoms with van der Waals surface area (Å²) < 4.78 is 5.25. The lowest BCUT2D eigenvalue weighted by Crippen LogP contribution is -2.11. The molecule has 0 spiro atoms. The van der Waals surface area contributed by atoms with Crippen LogP contribution in [-0.4, -0.2) is 17.2 Å². The number of esters is 1. The lowest BCUT2D eigenvalue weighted by Gasteiger charge is -2.19. The highest BCUT2D eigenvalue weighted by Crippen LogP contribution is 2.22. The van der Waals surface area contributed by atoms with Gasteiger partial charge in [0.15, 0.2) is 0 Å². The highest BCUT2D eigenvalue weighted by molar-refractivity contribution is 5.70. The fraction of sp³-hybridized carbons (Fsp3) is 0.640. The minimum atomic E-state index is -0.402. The van der Waals surface area contributed by atoms with E-state index in [1.54, 1.807) is 6.26 Å².